The van der Waals surface area contributed by atoms with Gasteiger partial charge >= 0.3 is 6.16 Å². The van der Waals surface area contributed by atoms with Gasteiger partial charge in [0.15, 0.2) is 12.7 Å². The minimum atomic E-state index is -0.951. The number of likely N-dealkylation sites (N-methyl/N-ethyl adjacent to an activating group) is 1. The van der Waals surface area contributed by atoms with Gasteiger partial charge in [0.2, 0.25) is 0 Å². The summed E-state index contributed by atoms with van der Waals surface area (Å²) in [6, 6.07) is -0.709. The quantitative estimate of drug-likeness (QED) is 0.525. The predicted octanol–water partition coefficient (Wildman–Crippen LogP) is 0.510. The first kappa shape index (κ1) is 20.0. The summed E-state index contributed by atoms with van der Waals surface area (Å²) in [4.78, 5) is 23.1. The highest BCUT2D eigenvalue weighted by molar-refractivity contribution is 6.11. The third-order valence-electron chi connectivity index (χ3n) is 4.61. The third kappa shape index (κ3) is 5.09. The van der Waals surface area contributed by atoms with Crippen molar-refractivity contribution in [3.63, 3.8) is 0 Å². The monoisotopic (exact) mass is 355 g/mol. The van der Waals surface area contributed by atoms with E-state index in [0.717, 1.165) is 19.3 Å². The van der Waals surface area contributed by atoms with Crippen LogP contribution in [0.1, 0.15) is 32.6 Å². The molecule has 1 unspecified atom stereocenters. The topological polar surface area (TPSA) is 92.3 Å². The highest BCUT2D eigenvalue weighted by Crippen LogP contribution is 2.32. The lowest BCUT2D eigenvalue weighted by atomic mass is 9.92. The van der Waals surface area contributed by atoms with Crippen LogP contribution in [-0.2, 0) is 28.5 Å². The normalized spacial score (nSPS) is 34.7. The van der Waals surface area contributed by atoms with Gasteiger partial charge in [0, 0.05) is 20.2 Å². The Balaban J connectivity index is 1.98. The Kier molecular flexibility index (Phi) is 7.52. The Bertz CT molecular complexity index is 464. The predicted molar refractivity (Wildman–Crippen MR) is 88.3 cm³/mol. The van der Waals surface area contributed by atoms with Crippen LogP contribution in [0.4, 0.5) is 4.79 Å². The maximum Gasteiger partial charge on any atom is 0.509 e. The molecule has 2 aliphatic rings. The van der Waals surface area contributed by atoms with Crippen LogP contribution in [-0.4, -0.2) is 77.2 Å². The van der Waals surface area contributed by atoms with Crippen molar-refractivity contribution in [3.8, 4) is 0 Å². The zero-order valence-corrected chi connectivity index (χ0v) is 14.9. The minimum absolute atomic E-state index is 0.00581. The first-order valence-corrected chi connectivity index (χ1v) is 8.63. The van der Waals surface area contributed by atoms with Crippen LogP contribution in [0.5, 0.6) is 0 Å². The summed E-state index contributed by atoms with van der Waals surface area (Å²) in [5.41, 5.74) is 0. The summed E-state index contributed by atoms with van der Waals surface area (Å²) in [5, 5.41) is 2.35. The summed E-state index contributed by atoms with van der Waals surface area (Å²) in [7, 11) is 9.13. The molecular formula is C16H26BNO7. The van der Waals surface area contributed by atoms with Gasteiger partial charge in [-0.05, 0) is 25.7 Å². The fourth-order valence-electron chi connectivity index (χ4n) is 3.24. The first-order chi connectivity index (χ1) is 12.0. The average molecular weight is 355 g/mol. The van der Waals surface area contributed by atoms with Gasteiger partial charge in [-0.3, -0.25) is 4.79 Å². The van der Waals surface area contributed by atoms with Crippen molar-refractivity contribution in [2.75, 3.05) is 20.8 Å². The molecule has 140 valence electrons. The van der Waals surface area contributed by atoms with Crippen LogP contribution >= 0.6 is 0 Å². The molecule has 9 heteroatoms. The lowest BCUT2D eigenvalue weighted by Crippen LogP contribution is -2.43. The van der Waals surface area contributed by atoms with Gasteiger partial charge in [-0.15, -0.1) is 0 Å². The number of carbonyl (C=O) groups is 2. The number of amides is 1. The largest absolute Gasteiger partial charge is 0.509 e. The van der Waals surface area contributed by atoms with Crippen molar-refractivity contribution in [3.05, 3.63) is 0 Å². The molecule has 0 bridgehead atoms. The molecule has 8 nitrogen and oxygen atoms in total. The van der Waals surface area contributed by atoms with E-state index < -0.39 is 43.0 Å². The van der Waals surface area contributed by atoms with E-state index >= 15 is 0 Å². The maximum absolute atomic E-state index is 11.9. The molecule has 2 rings (SSSR count). The number of carbonyl (C=O) groups excluding carboxylic acids is 2. The van der Waals surface area contributed by atoms with Crippen LogP contribution in [0.3, 0.4) is 0 Å². The van der Waals surface area contributed by atoms with Crippen LogP contribution in [0.15, 0.2) is 0 Å². The van der Waals surface area contributed by atoms with E-state index in [9.17, 15) is 9.59 Å². The van der Waals surface area contributed by atoms with E-state index in [1.54, 1.807) is 7.11 Å². The summed E-state index contributed by atoms with van der Waals surface area (Å²) in [6.45, 7) is 1.49. The van der Waals surface area contributed by atoms with Crippen molar-refractivity contribution < 1.29 is 33.3 Å². The highest BCUT2D eigenvalue weighted by Gasteiger charge is 2.47. The molecule has 1 amide bonds. The molecule has 0 aromatic carbocycles. The number of hydrogen-bond acceptors (Lipinski definition) is 7. The number of rotatable bonds is 7. The molecule has 0 aromatic heterocycles. The van der Waals surface area contributed by atoms with Gasteiger partial charge in [-0.25, -0.2) is 4.79 Å². The van der Waals surface area contributed by atoms with Crippen molar-refractivity contribution in [2.24, 2.45) is 0 Å². The van der Waals surface area contributed by atoms with Gasteiger partial charge in [0.05, 0.1) is 18.3 Å². The number of nitrogens with one attached hydrogen (secondary N) is 1. The Morgan fingerprint density at radius 3 is 2.60 bits per heavy atom. The molecule has 6 atom stereocenters. The van der Waals surface area contributed by atoms with Crippen LogP contribution in [0.25, 0.3) is 0 Å². The zero-order valence-electron chi connectivity index (χ0n) is 14.9. The van der Waals surface area contributed by atoms with Crippen LogP contribution in [0.2, 0.25) is 0 Å². The smallest absolute Gasteiger partial charge is 0.425 e. The maximum atomic E-state index is 11.9. The number of methoxy groups -OCH3 is 1. The SMILES string of the molecule is [B][C@@H]1O[C@H](CC)C(OC(=O)OCC(=O)NC)[C@@H]1O[C@@H]1CCC[C@H]1OC. The number of hydrogen-bond donors (Lipinski definition) is 1. The lowest BCUT2D eigenvalue weighted by Gasteiger charge is -2.28. The summed E-state index contributed by atoms with van der Waals surface area (Å²) in [5.74, 6) is -0.426. The van der Waals surface area contributed by atoms with Crippen molar-refractivity contribution in [1.82, 2.24) is 5.32 Å². The van der Waals surface area contributed by atoms with E-state index in [2.05, 4.69) is 5.32 Å². The average Bonchev–Trinajstić information content (AvgIpc) is 3.18. The Morgan fingerprint density at radius 1 is 1.24 bits per heavy atom. The molecular weight excluding hydrogens is 329 g/mol. The molecule has 1 heterocycles. The van der Waals surface area contributed by atoms with Crippen molar-refractivity contribution >= 4 is 19.9 Å². The third-order valence-corrected chi connectivity index (χ3v) is 4.61. The molecule has 0 spiro atoms. The van der Waals surface area contributed by atoms with Gasteiger partial charge in [-0.1, -0.05) is 6.92 Å². The van der Waals surface area contributed by atoms with Crippen molar-refractivity contribution in [2.45, 2.75) is 69.1 Å². The van der Waals surface area contributed by atoms with E-state index in [0.29, 0.717) is 6.42 Å². The van der Waals surface area contributed by atoms with E-state index in [-0.39, 0.29) is 12.2 Å². The summed E-state index contributed by atoms with van der Waals surface area (Å²) in [6.07, 6.45) is 0.591. The van der Waals surface area contributed by atoms with Gasteiger partial charge in [0.25, 0.3) is 5.91 Å². The molecule has 2 fully saturated rings. The Morgan fingerprint density at radius 2 is 1.96 bits per heavy atom. The fourth-order valence-corrected chi connectivity index (χ4v) is 3.24. The molecule has 0 aromatic rings. The van der Waals surface area contributed by atoms with E-state index in [4.69, 9.17) is 31.5 Å². The summed E-state index contributed by atoms with van der Waals surface area (Å²) >= 11 is 0. The molecule has 1 saturated carbocycles. The van der Waals surface area contributed by atoms with Crippen LogP contribution in [0, 0.1) is 0 Å². The van der Waals surface area contributed by atoms with Gasteiger partial charge < -0.3 is 29.0 Å². The Hall–Kier alpha value is -1.32. The van der Waals surface area contributed by atoms with Crippen LogP contribution < -0.4 is 5.32 Å². The van der Waals surface area contributed by atoms with E-state index in [1.165, 1.54) is 7.05 Å². The van der Waals surface area contributed by atoms with Gasteiger partial charge in [0.1, 0.15) is 14.0 Å². The van der Waals surface area contributed by atoms with E-state index in [1.807, 2.05) is 6.92 Å². The Labute approximate surface area is 149 Å². The van der Waals surface area contributed by atoms with Crippen molar-refractivity contribution in [1.29, 1.82) is 0 Å². The van der Waals surface area contributed by atoms with Gasteiger partial charge in [-0.2, -0.15) is 0 Å². The lowest BCUT2D eigenvalue weighted by molar-refractivity contribution is -0.127. The molecule has 25 heavy (non-hydrogen) atoms. The minimum Gasteiger partial charge on any atom is -0.425 e. The zero-order chi connectivity index (χ0) is 18.4. The molecule has 1 saturated heterocycles. The highest BCUT2D eigenvalue weighted by atomic mass is 16.7. The first-order valence-electron chi connectivity index (χ1n) is 8.63. The summed E-state index contributed by atoms with van der Waals surface area (Å²) < 4.78 is 27.3. The molecule has 1 aliphatic heterocycles. The second-order valence-corrected chi connectivity index (χ2v) is 6.19. The standard InChI is InChI=1S/C16H26BNO7/c1-4-9-13(25-16(20)22-8-12(19)18-2)14(15(17)24-9)23-11-7-5-6-10(11)21-3/h9-11,13-15H,4-8H2,1-3H3,(H,18,19)/t9-,10-,11-,13?,14+,15-/m1/s1. The second-order valence-electron chi connectivity index (χ2n) is 6.19. The second kappa shape index (κ2) is 9.40. The molecule has 2 radical (unpaired) electrons. The fraction of sp³-hybridized carbons (Fsp3) is 0.875. The molecule has 1 N–H and O–H groups in total. The molecule has 1 aliphatic carbocycles. The number of ether oxygens (including phenoxy) is 5.